The van der Waals surface area contributed by atoms with Gasteiger partial charge in [-0.3, -0.25) is 0 Å². The van der Waals surface area contributed by atoms with Crippen molar-refractivity contribution >= 4 is 0 Å². The molecule has 2 heteroatoms. The van der Waals surface area contributed by atoms with Gasteiger partial charge in [0.1, 0.15) is 0 Å². The maximum absolute atomic E-state index is 11.7. The summed E-state index contributed by atoms with van der Waals surface area (Å²) in [5, 5.41) is 0. The highest BCUT2D eigenvalue weighted by molar-refractivity contribution is 5.14. The molecule has 12 heavy (non-hydrogen) atoms. The molecule has 0 aromatic heterocycles. The van der Waals surface area contributed by atoms with E-state index in [1.54, 1.807) is 0 Å². The summed E-state index contributed by atoms with van der Waals surface area (Å²) in [6.07, 6.45) is -0.273. The first-order chi connectivity index (χ1) is 5.79. The van der Waals surface area contributed by atoms with E-state index in [1.807, 2.05) is 30.3 Å². The molecule has 1 aromatic carbocycles. The predicted molar refractivity (Wildman–Crippen MR) is 44.8 cm³/mol. The van der Waals surface area contributed by atoms with Crippen molar-refractivity contribution in [3.8, 4) is 0 Å². The summed E-state index contributed by atoms with van der Waals surface area (Å²) in [6, 6.07) is 9.67. The molecular formula is C10H11F2. The summed E-state index contributed by atoms with van der Waals surface area (Å²) in [5.74, 6) is 0. The Kier molecular flexibility index (Phi) is 3.71. The minimum atomic E-state index is -1.47. The molecule has 0 N–H and O–H groups in total. The monoisotopic (exact) mass is 169 g/mol. The van der Waals surface area contributed by atoms with Crippen molar-refractivity contribution in [3.05, 3.63) is 42.3 Å². The zero-order chi connectivity index (χ0) is 8.81. The van der Waals surface area contributed by atoms with E-state index in [1.165, 1.54) is 0 Å². The summed E-state index contributed by atoms with van der Waals surface area (Å²) in [6.45, 7) is 0. The van der Waals surface area contributed by atoms with E-state index < -0.39 is 6.43 Å². The van der Waals surface area contributed by atoms with Gasteiger partial charge in [0, 0.05) is 6.42 Å². The first kappa shape index (κ1) is 9.17. The molecule has 0 atom stereocenters. The lowest BCUT2D eigenvalue weighted by Gasteiger charge is -1.98. The van der Waals surface area contributed by atoms with Crippen molar-refractivity contribution in [2.75, 3.05) is 0 Å². The molecule has 0 unspecified atom stereocenters. The van der Waals surface area contributed by atoms with Gasteiger partial charge in [-0.2, -0.15) is 8.78 Å². The molecule has 0 saturated carbocycles. The quantitative estimate of drug-likeness (QED) is 0.647. The normalized spacial score (nSPS) is 10.6. The molecule has 1 rings (SSSR count). The number of hydrogen-bond acceptors (Lipinski definition) is 0. The summed E-state index contributed by atoms with van der Waals surface area (Å²) >= 11 is 0. The van der Waals surface area contributed by atoms with E-state index in [9.17, 15) is 8.78 Å². The molecule has 0 aliphatic rings. The van der Waals surface area contributed by atoms with Crippen molar-refractivity contribution < 1.29 is 8.78 Å². The molecule has 0 bridgehead atoms. The molecule has 1 radical (unpaired) electrons. The lowest BCUT2D eigenvalue weighted by molar-refractivity contribution is 0.266. The van der Waals surface area contributed by atoms with Gasteiger partial charge in [0.15, 0.2) is 0 Å². The Morgan fingerprint density at radius 2 is 1.75 bits per heavy atom. The van der Waals surface area contributed by atoms with Crippen molar-refractivity contribution in [1.82, 2.24) is 0 Å². The third-order valence-corrected chi connectivity index (χ3v) is 1.67. The van der Waals surface area contributed by atoms with Crippen LogP contribution in [0.5, 0.6) is 0 Å². The number of rotatable bonds is 4. The minimum Gasteiger partial charge on any atom is -0.200 e. The molecule has 0 aliphatic heterocycles. The van der Waals surface area contributed by atoms with Crippen LogP contribution >= 0.6 is 0 Å². The molecule has 1 aromatic rings. The molecule has 0 fully saturated rings. The first-order valence-corrected chi connectivity index (χ1v) is 4.00. The second-order valence-electron chi connectivity index (χ2n) is 2.68. The lowest BCUT2D eigenvalue weighted by atomic mass is 10.1. The van der Waals surface area contributed by atoms with Gasteiger partial charge in [0.25, 0.3) is 0 Å². The Hall–Kier alpha value is -0.920. The van der Waals surface area contributed by atoms with Gasteiger partial charge in [-0.25, -0.2) is 0 Å². The highest BCUT2D eigenvalue weighted by Crippen LogP contribution is 2.14. The number of benzene rings is 1. The van der Waals surface area contributed by atoms with E-state index in [-0.39, 0.29) is 6.42 Å². The molecule has 0 amide bonds. The Labute approximate surface area is 71.2 Å². The topological polar surface area (TPSA) is 0 Å². The molecule has 0 saturated heterocycles. The fraction of sp³-hybridized carbons (Fsp3) is 0.300. The Morgan fingerprint density at radius 3 is 2.33 bits per heavy atom. The van der Waals surface area contributed by atoms with E-state index in [0.29, 0.717) is 6.42 Å². The van der Waals surface area contributed by atoms with Gasteiger partial charge in [-0.05, 0) is 18.4 Å². The van der Waals surface area contributed by atoms with Crippen molar-refractivity contribution in [3.63, 3.8) is 0 Å². The van der Waals surface area contributed by atoms with Crippen LogP contribution in [0, 0.1) is 6.43 Å². The zero-order valence-corrected chi connectivity index (χ0v) is 6.76. The maximum Gasteiger partial charge on any atom is 0.310 e. The van der Waals surface area contributed by atoms with Gasteiger partial charge in [-0.1, -0.05) is 30.3 Å². The fourth-order valence-corrected chi connectivity index (χ4v) is 1.07. The molecular weight excluding hydrogens is 158 g/mol. The van der Waals surface area contributed by atoms with Gasteiger partial charge in [0.05, 0.1) is 0 Å². The predicted octanol–water partition coefficient (Wildman–Crippen LogP) is 3.44. The SMILES string of the molecule is F[C](F)CCCc1ccccc1. The second kappa shape index (κ2) is 4.86. The Bertz CT molecular complexity index is 206. The first-order valence-electron chi connectivity index (χ1n) is 4.00. The van der Waals surface area contributed by atoms with Crippen molar-refractivity contribution in [2.24, 2.45) is 0 Å². The van der Waals surface area contributed by atoms with Crippen LogP contribution in [0.15, 0.2) is 30.3 Å². The molecule has 0 spiro atoms. The highest BCUT2D eigenvalue weighted by Gasteiger charge is 2.03. The molecule has 0 heterocycles. The summed E-state index contributed by atoms with van der Waals surface area (Å²) in [5.41, 5.74) is 1.12. The van der Waals surface area contributed by atoms with Crippen LogP contribution in [-0.2, 0) is 6.42 Å². The van der Waals surface area contributed by atoms with Crippen LogP contribution in [0.3, 0.4) is 0 Å². The van der Waals surface area contributed by atoms with Crippen LogP contribution in [0.1, 0.15) is 18.4 Å². The lowest BCUT2D eigenvalue weighted by Crippen LogP contribution is -1.86. The Morgan fingerprint density at radius 1 is 1.08 bits per heavy atom. The molecule has 0 nitrogen and oxygen atoms in total. The van der Waals surface area contributed by atoms with E-state index in [4.69, 9.17) is 0 Å². The van der Waals surface area contributed by atoms with Crippen molar-refractivity contribution in [2.45, 2.75) is 19.3 Å². The zero-order valence-electron chi connectivity index (χ0n) is 6.76. The van der Waals surface area contributed by atoms with Gasteiger partial charge in [0.2, 0.25) is 0 Å². The third-order valence-electron chi connectivity index (χ3n) is 1.67. The summed E-state index contributed by atoms with van der Waals surface area (Å²) in [4.78, 5) is 0. The van der Waals surface area contributed by atoms with Gasteiger partial charge < -0.3 is 0 Å². The third kappa shape index (κ3) is 3.46. The van der Waals surface area contributed by atoms with Crippen LogP contribution in [-0.4, -0.2) is 0 Å². The largest absolute Gasteiger partial charge is 0.310 e. The number of halogens is 2. The molecule has 0 aliphatic carbocycles. The van der Waals surface area contributed by atoms with E-state index in [0.717, 1.165) is 12.0 Å². The van der Waals surface area contributed by atoms with E-state index >= 15 is 0 Å². The van der Waals surface area contributed by atoms with Crippen LogP contribution in [0.25, 0.3) is 0 Å². The summed E-state index contributed by atoms with van der Waals surface area (Å²) in [7, 11) is 0. The number of aryl methyl sites for hydroxylation is 1. The average molecular weight is 169 g/mol. The molecule has 65 valence electrons. The minimum absolute atomic E-state index is 0.0745. The Balaban J connectivity index is 2.25. The van der Waals surface area contributed by atoms with Crippen LogP contribution in [0.4, 0.5) is 8.78 Å². The highest BCUT2D eigenvalue weighted by atomic mass is 19.3. The van der Waals surface area contributed by atoms with Crippen LogP contribution in [0.2, 0.25) is 0 Å². The maximum atomic E-state index is 11.7. The average Bonchev–Trinajstić information content (AvgIpc) is 2.05. The van der Waals surface area contributed by atoms with Gasteiger partial charge in [-0.15, -0.1) is 0 Å². The van der Waals surface area contributed by atoms with E-state index in [2.05, 4.69) is 0 Å². The van der Waals surface area contributed by atoms with Crippen LogP contribution < -0.4 is 0 Å². The summed E-state index contributed by atoms with van der Waals surface area (Å²) < 4.78 is 23.3. The second-order valence-corrected chi connectivity index (χ2v) is 2.68. The standard InChI is InChI=1S/C10H11F2/c11-10(12)8-4-7-9-5-2-1-3-6-9/h1-3,5-6H,4,7-8H2. The van der Waals surface area contributed by atoms with Crippen molar-refractivity contribution in [1.29, 1.82) is 0 Å². The number of hydrogen-bond donors (Lipinski definition) is 0. The fourth-order valence-electron chi connectivity index (χ4n) is 1.07. The smallest absolute Gasteiger partial charge is 0.200 e. The van der Waals surface area contributed by atoms with Gasteiger partial charge >= 0.3 is 6.43 Å².